The summed E-state index contributed by atoms with van der Waals surface area (Å²) in [6.07, 6.45) is 5.02. The molecule has 5 heteroatoms. The summed E-state index contributed by atoms with van der Waals surface area (Å²) in [7, 11) is 1.74. The number of rotatable bonds is 8. The van der Waals surface area contributed by atoms with Crippen LogP contribution in [0.5, 0.6) is 0 Å². The topological polar surface area (TPSA) is 34.1 Å². The summed E-state index contributed by atoms with van der Waals surface area (Å²) >= 11 is 7.01. The molecule has 1 unspecified atom stereocenters. The molecule has 0 aliphatic carbocycles. The largest absolute Gasteiger partial charge is 0.385 e. The number of hydrogen-bond acceptors (Lipinski definition) is 3. The maximum Gasteiger partial charge on any atom is 0.0715 e. The van der Waals surface area contributed by atoms with Gasteiger partial charge >= 0.3 is 0 Å². The van der Waals surface area contributed by atoms with Crippen LogP contribution in [0, 0.1) is 0 Å². The van der Waals surface area contributed by atoms with Crippen LogP contribution in [0.4, 0.5) is 0 Å². The maximum atomic E-state index is 5.11. The van der Waals surface area contributed by atoms with E-state index in [4.69, 9.17) is 4.74 Å². The molecule has 3 nitrogen and oxygen atoms in total. The van der Waals surface area contributed by atoms with Gasteiger partial charge in [-0.15, -0.1) is 0 Å². The third-order valence-corrected chi connectivity index (χ3v) is 3.72. The molecule has 0 fully saturated rings. The van der Waals surface area contributed by atoms with Crippen molar-refractivity contribution in [3.05, 3.63) is 26.9 Å². The van der Waals surface area contributed by atoms with Crippen molar-refractivity contribution >= 4 is 31.9 Å². The van der Waals surface area contributed by atoms with Crippen molar-refractivity contribution in [3.63, 3.8) is 0 Å². The fourth-order valence-electron chi connectivity index (χ4n) is 1.77. The Morgan fingerprint density at radius 3 is 2.83 bits per heavy atom. The lowest BCUT2D eigenvalue weighted by Crippen LogP contribution is -2.23. The predicted molar refractivity (Wildman–Crippen MR) is 81.8 cm³/mol. The average Bonchev–Trinajstić information content (AvgIpc) is 2.34. The number of methoxy groups -OCH3 is 1. The predicted octanol–water partition coefficient (Wildman–Crippen LogP) is 4.07. The number of nitrogens with one attached hydrogen (secondary N) is 1. The average molecular weight is 380 g/mol. The molecule has 0 aromatic carbocycles. The van der Waals surface area contributed by atoms with Crippen molar-refractivity contribution in [1.29, 1.82) is 0 Å². The molecule has 18 heavy (non-hydrogen) atoms. The summed E-state index contributed by atoms with van der Waals surface area (Å²) in [5.74, 6) is 0. The Morgan fingerprint density at radius 1 is 1.44 bits per heavy atom. The molecule has 0 saturated carbocycles. The molecule has 0 aliphatic heterocycles. The molecule has 1 aromatic heterocycles. The molecule has 1 N–H and O–H groups in total. The lowest BCUT2D eigenvalue weighted by molar-refractivity contribution is 0.188. The molecule has 1 heterocycles. The van der Waals surface area contributed by atoms with Gasteiger partial charge in [0.1, 0.15) is 0 Å². The standard InChI is InChI=1S/C13H20Br2N2O/c1-3-6-16-12(5-4-7-18-2)13-11(15)8-10(14)9-17-13/h8-9,12,16H,3-7H2,1-2H3. The Balaban J connectivity index is 2.73. The van der Waals surface area contributed by atoms with E-state index in [1.165, 1.54) is 0 Å². The highest BCUT2D eigenvalue weighted by molar-refractivity contribution is 9.11. The highest BCUT2D eigenvalue weighted by Crippen LogP contribution is 2.27. The second-order valence-electron chi connectivity index (χ2n) is 4.16. The minimum atomic E-state index is 0.280. The van der Waals surface area contributed by atoms with Crippen molar-refractivity contribution in [2.75, 3.05) is 20.3 Å². The molecule has 102 valence electrons. The van der Waals surface area contributed by atoms with Crippen LogP contribution in [-0.4, -0.2) is 25.2 Å². The number of halogens is 2. The molecule has 1 atom stereocenters. The summed E-state index contributed by atoms with van der Waals surface area (Å²) < 4.78 is 7.15. The second-order valence-corrected chi connectivity index (χ2v) is 5.93. The van der Waals surface area contributed by atoms with Gasteiger partial charge < -0.3 is 10.1 Å². The van der Waals surface area contributed by atoms with E-state index in [2.05, 4.69) is 49.1 Å². The van der Waals surface area contributed by atoms with E-state index >= 15 is 0 Å². The normalized spacial score (nSPS) is 12.7. The summed E-state index contributed by atoms with van der Waals surface area (Å²) in [6.45, 7) is 3.96. The summed E-state index contributed by atoms with van der Waals surface area (Å²) in [4.78, 5) is 4.51. The van der Waals surface area contributed by atoms with Crippen LogP contribution in [0.15, 0.2) is 21.2 Å². The van der Waals surface area contributed by atoms with E-state index in [-0.39, 0.29) is 6.04 Å². The first-order chi connectivity index (χ1) is 8.69. The van der Waals surface area contributed by atoms with Gasteiger partial charge in [0.25, 0.3) is 0 Å². The highest BCUT2D eigenvalue weighted by atomic mass is 79.9. The van der Waals surface area contributed by atoms with E-state index in [9.17, 15) is 0 Å². The molecule has 0 saturated heterocycles. The monoisotopic (exact) mass is 378 g/mol. The molecule has 0 radical (unpaired) electrons. The third kappa shape index (κ3) is 5.34. The van der Waals surface area contributed by atoms with Crippen LogP contribution in [0.3, 0.4) is 0 Å². The van der Waals surface area contributed by atoms with Crippen molar-refractivity contribution in [2.45, 2.75) is 32.2 Å². The van der Waals surface area contributed by atoms with Crippen molar-refractivity contribution in [1.82, 2.24) is 10.3 Å². The summed E-state index contributed by atoms with van der Waals surface area (Å²) in [5.41, 5.74) is 1.07. The Hall–Kier alpha value is 0.0300. The van der Waals surface area contributed by atoms with Gasteiger partial charge in [0, 0.05) is 28.9 Å². The van der Waals surface area contributed by atoms with Crippen molar-refractivity contribution in [3.8, 4) is 0 Å². The van der Waals surface area contributed by atoms with Gasteiger partial charge in [-0.2, -0.15) is 0 Å². The molecular formula is C13H20Br2N2O. The zero-order valence-corrected chi connectivity index (χ0v) is 14.1. The third-order valence-electron chi connectivity index (χ3n) is 2.65. The zero-order valence-electron chi connectivity index (χ0n) is 10.9. The van der Waals surface area contributed by atoms with Crippen LogP contribution in [-0.2, 0) is 4.74 Å². The van der Waals surface area contributed by atoms with Gasteiger partial charge in [0.05, 0.1) is 11.7 Å². The van der Waals surface area contributed by atoms with Gasteiger partial charge in [-0.3, -0.25) is 4.98 Å². The fourth-order valence-corrected chi connectivity index (χ4v) is 3.03. The molecule has 0 bridgehead atoms. The number of pyridine rings is 1. The molecule has 1 rings (SSSR count). The number of nitrogens with zero attached hydrogens (tertiary/aromatic N) is 1. The van der Waals surface area contributed by atoms with Gasteiger partial charge in [0.2, 0.25) is 0 Å². The van der Waals surface area contributed by atoms with Crippen LogP contribution in [0.25, 0.3) is 0 Å². The Labute approximate surface area is 126 Å². The van der Waals surface area contributed by atoms with E-state index < -0.39 is 0 Å². The minimum absolute atomic E-state index is 0.280. The van der Waals surface area contributed by atoms with E-state index in [0.29, 0.717) is 0 Å². The van der Waals surface area contributed by atoms with Crippen molar-refractivity contribution in [2.24, 2.45) is 0 Å². The van der Waals surface area contributed by atoms with Crippen molar-refractivity contribution < 1.29 is 4.74 Å². The van der Waals surface area contributed by atoms with Gasteiger partial charge in [0.15, 0.2) is 0 Å². The second kappa shape index (κ2) is 9.02. The van der Waals surface area contributed by atoms with Crippen LogP contribution in [0.1, 0.15) is 37.9 Å². The number of ether oxygens (including phenoxy) is 1. The first kappa shape index (κ1) is 16.1. The Kier molecular flexibility index (Phi) is 8.06. The highest BCUT2D eigenvalue weighted by Gasteiger charge is 2.15. The first-order valence-electron chi connectivity index (χ1n) is 6.22. The lowest BCUT2D eigenvalue weighted by atomic mass is 10.1. The van der Waals surface area contributed by atoms with E-state index in [1.54, 1.807) is 7.11 Å². The van der Waals surface area contributed by atoms with E-state index in [0.717, 1.165) is 47.1 Å². The zero-order chi connectivity index (χ0) is 13.4. The minimum Gasteiger partial charge on any atom is -0.385 e. The molecule has 0 aliphatic rings. The summed E-state index contributed by atoms with van der Waals surface area (Å²) in [6, 6.07) is 2.32. The van der Waals surface area contributed by atoms with E-state index in [1.807, 2.05) is 12.3 Å². The fraction of sp³-hybridized carbons (Fsp3) is 0.615. The van der Waals surface area contributed by atoms with Gasteiger partial charge in [-0.25, -0.2) is 0 Å². The first-order valence-corrected chi connectivity index (χ1v) is 7.80. The molecule has 0 amide bonds. The molecular weight excluding hydrogens is 360 g/mol. The lowest BCUT2D eigenvalue weighted by Gasteiger charge is -2.19. The van der Waals surface area contributed by atoms with Crippen LogP contribution >= 0.6 is 31.9 Å². The maximum absolute atomic E-state index is 5.11. The van der Waals surface area contributed by atoms with Crippen LogP contribution in [0.2, 0.25) is 0 Å². The number of hydrogen-bond donors (Lipinski definition) is 1. The quantitative estimate of drug-likeness (QED) is 0.691. The smallest absolute Gasteiger partial charge is 0.0715 e. The summed E-state index contributed by atoms with van der Waals surface area (Å²) in [5, 5.41) is 3.54. The molecule has 1 aromatic rings. The SMILES string of the molecule is CCCNC(CCCOC)c1ncc(Br)cc1Br. The van der Waals surface area contributed by atoms with Crippen LogP contribution < -0.4 is 5.32 Å². The van der Waals surface area contributed by atoms with Gasteiger partial charge in [-0.1, -0.05) is 6.92 Å². The Morgan fingerprint density at radius 2 is 2.22 bits per heavy atom. The molecule has 0 spiro atoms. The van der Waals surface area contributed by atoms with Gasteiger partial charge in [-0.05, 0) is 63.7 Å². The Bertz CT molecular complexity index is 361. The number of aromatic nitrogens is 1.